The molecule has 2 aliphatic carbocycles. The van der Waals surface area contributed by atoms with E-state index in [0.29, 0.717) is 11.8 Å². The molecule has 302 valence electrons. The van der Waals surface area contributed by atoms with Crippen molar-refractivity contribution >= 4 is 66.4 Å². The number of methoxy groups -OCH3 is 2. The summed E-state index contributed by atoms with van der Waals surface area (Å²) in [5.41, 5.74) is 12.5. The van der Waals surface area contributed by atoms with E-state index in [1.54, 1.807) is 14.2 Å². The van der Waals surface area contributed by atoms with Gasteiger partial charge in [-0.1, -0.05) is 98.2 Å². The number of hydrogen-bond acceptors (Lipinski definition) is 4. The molecule has 0 bridgehead atoms. The van der Waals surface area contributed by atoms with E-state index in [2.05, 4.69) is 157 Å². The van der Waals surface area contributed by atoms with E-state index in [-0.39, 0.29) is 0 Å². The predicted molar refractivity (Wildman–Crippen MR) is 254 cm³/mol. The van der Waals surface area contributed by atoms with Crippen molar-refractivity contribution in [1.82, 2.24) is 0 Å². The maximum atomic E-state index is 5.67. The summed E-state index contributed by atoms with van der Waals surface area (Å²) in [6.07, 6.45) is 12.7. The highest BCUT2D eigenvalue weighted by atomic mass is 16.5. The molecule has 8 aromatic carbocycles. The third kappa shape index (κ3) is 6.90. The van der Waals surface area contributed by atoms with Crippen LogP contribution >= 0.6 is 0 Å². The number of anilines is 6. The van der Waals surface area contributed by atoms with Crippen LogP contribution in [0.5, 0.6) is 11.5 Å². The zero-order valence-electron chi connectivity index (χ0n) is 35.6. The summed E-state index contributed by atoms with van der Waals surface area (Å²) in [5.74, 6) is 2.74. The van der Waals surface area contributed by atoms with E-state index in [0.717, 1.165) is 34.2 Å². The predicted octanol–water partition coefficient (Wildman–Crippen LogP) is 16.3. The fourth-order valence-corrected chi connectivity index (χ4v) is 10.6. The molecule has 4 heteroatoms. The monoisotopic (exact) mass is 788 g/mol. The number of hydrogen-bond donors (Lipinski definition) is 0. The molecule has 60 heavy (non-hydrogen) atoms. The summed E-state index contributed by atoms with van der Waals surface area (Å²) in [4.78, 5) is 4.99. The Balaban J connectivity index is 1.32. The Morgan fingerprint density at radius 3 is 1.03 bits per heavy atom. The average Bonchev–Trinajstić information content (AvgIpc) is 3.31. The van der Waals surface area contributed by atoms with Gasteiger partial charge in [0, 0.05) is 33.5 Å². The van der Waals surface area contributed by atoms with E-state index in [4.69, 9.17) is 9.47 Å². The van der Waals surface area contributed by atoms with E-state index < -0.39 is 0 Å². The van der Waals surface area contributed by atoms with Crippen molar-refractivity contribution < 1.29 is 9.47 Å². The van der Waals surface area contributed by atoms with Crippen LogP contribution in [0.4, 0.5) is 34.1 Å². The zero-order chi connectivity index (χ0) is 40.7. The van der Waals surface area contributed by atoms with Crippen molar-refractivity contribution in [3.05, 3.63) is 156 Å². The van der Waals surface area contributed by atoms with Gasteiger partial charge in [0.25, 0.3) is 0 Å². The van der Waals surface area contributed by atoms with Crippen LogP contribution in [0.25, 0.3) is 32.3 Å². The smallest absolute Gasteiger partial charge is 0.119 e. The van der Waals surface area contributed by atoms with Crippen molar-refractivity contribution in [1.29, 1.82) is 0 Å². The lowest BCUT2D eigenvalue weighted by molar-refractivity contribution is 0.414. The second-order valence-corrected chi connectivity index (χ2v) is 17.4. The van der Waals surface area contributed by atoms with E-state index in [9.17, 15) is 0 Å². The van der Waals surface area contributed by atoms with Crippen molar-refractivity contribution in [2.24, 2.45) is 0 Å². The summed E-state index contributed by atoms with van der Waals surface area (Å²) in [6, 6.07) is 50.3. The van der Waals surface area contributed by atoms with Gasteiger partial charge in [0.1, 0.15) is 11.5 Å². The van der Waals surface area contributed by atoms with Crippen LogP contribution < -0.4 is 19.3 Å². The Morgan fingerprint density at radius 2 is 0.700 bits per heavy atom. The summed E-state index contributed by atoms with van der Waals surface area (Å²) in [6.45, 7) is 4.35. The molecule has 0 N–H and O–H groups in total. The fraction of sp³-hybridized carbons (Fsp3) is 0.286. The van der Waals surface area contributed by atoms with Gasteiger partial charge in [-0.15, -0.1) is 0 Å². The molecule has 0 atom stereocenters. The standard InChI is InChI=1S/C56H56N2O2/c1-37-15-19-41(20-16-37)57(43-23-27-45(59-3)28-24-43)53-35-51(39-11-7-5-8-12-39)47-32-34-50-54(58(42-21-17-38(2)18-22-42)44-25-29-46(60-4)30-26-44)36-52(40-13-9-6-10-14-40)48-31-33-49(53)55(47)56(48)50/h15-36,39-40H,5-14H2,1-4H3. The minimum atomic E-state index is 0.512. The van der Waals surface area contributed by atoms with Gasteiger partial charge in [-0.3, -0.25) is 0 Å². The highest BCUT2D eigenvalue weighted by Crippen LogP contribution is 2.53. The lowest BCUT2D eigenvalue weighted by Gasteiger charge is -2.33. The molecule has 0 unspecified atom stereocenters. The molecule has 2 fully saturated rings. The van der Waals surface area contributed by atoms with Gasteiger partial charge < -0.3 is 19.3 Å². The molecule has 0 heterocycles. The molecular weight excluding hydrogens is 733 g/mol. The van der Waals surface area contributed by atoms with E-state index in [1.807, 2.05) is 0 Å². The van der Waals surface area contributed by atoms with Crippen LogP contribution in [0.1, 0.15) is 98.3 Å². The van der Waals surface area contributed by atoms with Crippen molar-refractivity contribution in [2.75, 3.05) is 24.0 Å². The minimum Gasteiger partial charge on any atom is -0.497 e. The zero-order valence-corrected chi connectivity index (χ0v) is 35.6. The molecular formula is C56H56N2O2. The lowest BCUT2D eigenvalue weighted by Crippen LogP contribution is -2.14. The van der Waals surface area contributed by atoms with Crippen LogP contribution in [-0.4, -0.2) is 14.2 Å². The Morgan fingerprint density at radius 1 is 0.383 bits per heavy atom. The van der Waals surface area contributed by atoms with Gasteiger partial charge in [0.05, 0.1) is 25.6 Å². The van der Waals surface area contributed by atoms with Crippen LogP contribution in [0, 0.1) is 13.8 Å². The Labute approximate surface area is 355 Å². The highest BCUT2D eigenvalue weighted by Gasteiger charge is 2.29. The highest BCUT2D eigenvalue weighted by molar-refractivity contribution is 6.29. The van der Waals surface area contributed by atoms with Gasteiger partial charge in [0.2, 0.25) is 0 Å². The molecule has 2 saturated carbocycles. The molecule has 0 radical (unpaired) electrons. The number of nitrogens with zero attached hydrogens (tertiary/aromatic N) is 2. The fourth-order valence-electron chi connectivity index (χ4n) is 10.6. The average molecular weight is 789 g/mol. The van der Waals surface area contributed by atoms with E-state index in [1.165, 1.54) is 130 Å². The minimum absolute atomic E-state index is 0.512. The number of benzene rings is 8. The first-order valence-electron chi connectivity index (χ1n) is 22.3. The molecule has 10 rings (SSSR count). The maximum absolute atomic E-state index is 5.67. The second kappa shape index (κ2) is 16.2. The van der Waals surface area contributed by atoms with Gasteiger partial charge in [-0.05, 0) is 169 Å². The van der Waals surface area contributed by atoms with E-state index >= 15 is 0 Å². The first kappa shape index (κ1) is 38.2. The van der Waals surface area contributed by atoms with Gasteiger partial charge in [0.15, 0.2) is 0 Å². The van der Waals surface area contributed by atoms with Gasteiger partial charge in [-0.2, -0.15) is 0 Å². The Hall–Kier alpha value is -6.00. The summed E-state index contributed by atoms with van der Waals surface area (Å²) < 4.78 is 11.3. The molecule has 4 nitrogen and oxygen atoms in total. The molecule has 0 spiro atoms. The normalized spacial score (nSPS) is 15.2. The lowest BCUT2D eigenvalue weighted by atomic mass is 9.77. The number of ether oxygens (including phenoxy) is 2. The molecule has 2 aliphatic rings. The number of aryl methyl sites for hydroxylation is 2. The molecule has 0 aliphatic heterocycles. The SMILES string of the molecule is COc1ccc(N(c2ccc(C)cc2)c2cc(C3CCCCC3)c3ccc4c(N(c5ccc(C)cc5)c5ccc(OC)cc5)cc(C5CCCCC5)c5ccc2c3c54)cc1. The third-order valence-corrected chi connectivity index (χ3v) is 13.7. The van der Waals surface area contributed by atoms with Crippen molar-refractivity contribution in [2.45, 2.75) is 89.9 Å². The summed E-state index contributed by atoms with van der Waals surface area (Å²) in [7, 11) is 3.49. The first-order chi connectivity index (χ1) is 29.5. The van der Waals surface area contributed by atoms with Crippen molar-refractivity contribution in [3.63, 3.8) is 0 Å². The molecule has 0 amide bonds. The van der Waals surface area contributed by atoms with Crippen LogP contribution in [0.2, 0.25) is 0 Å². The maximum Gasteiger partial charge on any atom is 0.119 e. The van der Waals surface area contributed by atoms with Crippen molar-refractivity contribution in [3.8, 4) is 11.5 Å². The second-order valence-electron chi connectivity index (χ2n) is 17.4. The molecule has 0 aromatic heterocycles. The number of rotatable bonds is 10. The Kier molecular flexibility index (Phi) is 10.3. The third-order valence-electron chi connectivity index (χ3n) is 13.7. The topological polar surface area (TPSA) is 24.9 Å². The molecule has 0 saturated heterocycles. The molecule has 8 aromatic rings. The van der Waals surface area contributed by atoms with Crippen LogP contribution in [0.3, 0.4) is 0 Å². The van der Waals surface area contributed by atoms with Crippen LogP contribution in [0.15, 0.2) is 133 Å². The first-order valence-corrected chi connectivity index (χ1v) is 22.3. The summed E-state index contributed by atoms with van der Waals surface area (Å²) in [5, 5.41) is 8.19. The summed E-state index contributed by atoms with van der Waals surface area (Å²) >= 11 is 0. The largest absolute Gasteiger partial charge is 0.497 e. The van der Waals surface area contributed by atoms with Gasteiger partial charge in [-0.25, -0.2) is 0 Å². The van der Waals surface area contributed by atoms with Crippen LogP contribution in [-0.2, 0) is 0 Å². The Bertz CT molecular complexity index is 2550. The quantitative estimate of drug-likeness (QED) is 0.129. The van der Waals surface area contributed by atoms with Gasteiger partial charge >= 0.3 is 0 Å².